The van der Waals surface area contributed by atoms with Crippen LogP contribution in [0.4, 0.5) is 14.5 Å². The molecule has 0 fully saturated rings. The van der Waals surface area contributed by atoms with Crippen LogP contribution in [0.1, 0.15) is 24.1 Å². The van der Waals surface area contributed by atoms with E-state index >= 15 is 0 Å². The van der Waals surface area contributed by atoms with E-state index in [1.165, 1.54) is 6.07 Å². The molecule has 0 amide bonds. The second kappa shape index (κ2) is 6.43. The molecule has 1 N–H and O–H groups in total. The van der Waals surface area contributed by atoms with E-state index in [2.05, 4.69) is 21.2 Å². The molecule has 2 rings (SSSR count). The van der Waals surface area contributed by atoms with Gasteiger partial charge in [0.05, 0.1) is 18.8 Å². The first kappa shape index (κ1) is 15.8. The average molecular weight is 356 g/mol. The van der Waals surface area contributed by atoms with Gasteiger partial charge in [0.2, 0.25) is 0 Å². The third-order valence-electron chi connectivity index (χ3n) is 3.22. The molecule has 0 bridgehead atoms. The summed E-state index contributed by atoms with van der Waals surface area (Å²) in [5.74, 6) is -0.529. The third-order valence-corrected chi connectivity index (χ3v) is 3.85. The van der Waals surface area contributed by atoms with E-state index in [1.54, 1.807) is 7.11 Å². The molecule has 0 aliphatic heterocycles. The highest BCUT2D eigenvalue weighted by molar-refractivity contribution is 9.10. The maximum Gasteiger partial charge on any atom is 0.150 e. The van der Waals surface area contributed by atoms with Gasteiger partial charge in [0.25, 0.3) is 0 Å². The Kier molecular flexibility index (Phi) is 4.83. The van der Waals surface area contributed by atoms with E-state index in [1.807, 2.05) is 32.0 Å². The molecule has 0 aliphatic carbocycles. The standard InChI is InChI=1S/C16H16BrF2NO/c1-9-4-5-12(15(6-9)21-3)10(2)20-16-13(17)7-11(18)8-14(16)19/h4-8,10,20H,1-3H3. The van der Waals surface area contributed by atoms with Gasteiger partial charge < -0.3 is 10.1 Å². The van der Waals surface area contributed by atoms with Crippen LogP contribution >= 0.6 is 15.9 Å². The highest BCUT2D eigenvalue weighted by atomic mass is 79.9. The Labute approximate surface area is 131 Å². The summed E-state index contributed by atoms with van der Waals surface area (Å²) in [5.41, 5.74) is 2.21. The zero-order chi connectivity index (χ0) is 15.6. The number of anilines is 1. The zero-order valence-corrected chi connectivity index (χ0v) is 13.6. The molecule has 1 atom stereocenters. The minimum absolute atomic E-state index is 0.197. The fourth-order valence-corrected chi connectivity index (χ4v) is 2.67. The Morgan fingerprint density at radius 2 is 1.90 bits per heavy atom. The number of aryl methyl sites for hydroxylation is 1. The van der Waals surface area contributed by atoms with Crippen molar-refractivity contribution in [2.75, 3.05) is 12.4 Å². The van der Waals surface area contributed by atoms with Gasteiger partial charge in [0, 0.05) is 16.1 Å². The van der Waals surface area contributed by atoms with Crippen molar-refractivity contribution in [2.45, 2.75) is 19.9 Å². The number of benzene rings is 2. The molecule has 0 aliphatic rings. The maximum absolute atomic E-state index is 13.9. The van der Waals surface area contributed by atoms with Crippen LogP contribution in [0.5, 0.6) is 5.75 Å². The van der Waals surface area contributed by atoms with E-state index in [9.17, 15) is 8.78 Å². The highest BCUT2D eigenvalue weighted by Crippen LogP contribution is 2.33. The summed E-state index contributed by atoms with van der Waals surface area (Å²) in [6.45, 7) is 3.86. The van der Waals surface area contributed by atoms with Crippen LogP contribution in [0.15, 0.2) is 34.8 Å². The topological polar surface area (TPSA) is 21.3 Å². The number of halogens is 3. The van der Waals surface area contributed by atoms with Gasteiger partial charge >= 0.3 is 0 Å². The minimum Gasteiger partial charge on any atom is -0.496 e. The van der Waals surface area contributed by atoms with Gasteiger partial charge in [0.15, 0.2) is 0 Å². The van der Waals surface area contributed by atoms with E-state index in [4.69, 9.17) is 4.74 Å². The highest BCUT2D eigenvalue weighted by Gasteiger charge is 2.16. The van der Waals surface area contributed by atoms with Crippen molar-refractivity contribution >= 4 is 21.6 Å². The molecular formula is C16H16BrF2NO. The lowest BCUT2D eigenvalue weighted by Gasteiger charge is -2.20. The molecule has 0 saturated carbocycles. The maximum atomic E-state index is 13.9. The summed E-state index contributed by atoms with van der Waals surface area (Å²) in [6, 6.07) is 7.70. The first-order chi connectivity index (χ1) is 9.92. The monoisotopic (exact) mass is 355 g/mol. The van der Waals surface area contributed by atoms with Crippen LogP contribution in [0, 0.1) is 18.6 Å². The summed E-state index contributed by atoms with van der Waals surface area (Å²) in [6.07, 6.45) is 0. The molecule has 0 aromatic heterocycles. The predicted molar refractivity (Wildman–Crippen MR) is 83.8 cm³/mol. The van der Waals surface area contributed by atoms with Crippen molar-refractivity contribution in [3.63, 3.8) is 0 Å². The van der Waals surface area contributed by atoms with Gasteiger partial charge in [-0.3, -0.25) is 0 Å². The average Bonchev–Trinajstić information content (AvgIpc) is 2.42. The molecule has 0 radical (unpaired) electrons. The lowest BCUT2D eigenvalue weighted by atomic mass is 10.0. The lowest BCUT2D eigenvalue weighted by molar-refractivity contribution is 0.407. The lowest BCUT2D eigenvalue weighted by Crippen LogP contribution is -2.10. The molecule has 0 heterocycles. The fraction of sp³-hybridized carbons (Fsp3) is 0.250. The Morgan fingerprint density at radius 1 is 1.19 bits per heavy atom. The van der Waals surface area contributed by atoms with Crippen molar-refractivity contribution < 1.29 is 13.5 Å². The molecule has 1 unspecified atom stereocenters. The third kappa shape index (κ3) is 3.53. The second-order valence-corrected chi connectivity index (χ2v) is 5.71. The van der Waals surface area contributed by atoms with Crippen LogP contribution in [0.3, 0.4) is 0 Å². The van der Waals surface area contributed by atoms with Crippen LogP contribution in [0.2, 0.25) is 0 Å². The molecule has 0 saturated heterocycles. The molecule has 21 heavy (non-hydrogen) atoms. The molecule has 2 aromatic rings. The van der Waals surface area contributed by atoms with Crippen molar-refractivity contribution in [2.24, 2.45) is 0 Å². The van der Waals surface area contributed by atoms with E-state index in [0.29, 0.717) is 4.47 Å². The van der Waals surface area contributed by atoms with Crippen LogP contribution in [0.25, 0.3) is 0 Å². The number of nitrogens with one attached hydrogen (secondary N) is 1. The fourth-order valence-electron chi connectivity index (χ4n) is 2.15. The molecule has 2 nitrogen and oxygen atoms in total. The zero-order valence-electron chi connectivity index (χ0n) is 12.0. The molecule has 2 aromatic carbocycles. The molecule has 0 spiro atoms. The summed E-state index contributed by atoms with van der Waals surface area (Å²) in [5, 5.41) is 3.05. The van der Waals surface area contributed by atoms with Gasteiger partial charge in [0.1, 0.15) is 17.4 Å². The number of methoxy groups -OCH3 is 1. The van der Waals surface area contributed by atoms with Crippen LogP contribution in [-0.2, 0) is 0 Å². The number of hydrogen-bond donors (Lipinski definition) is 1. The predicted octanol–water partition coefficient (Wildman–Crippen LogP) is 5.22. The number of hydrogen-bond acceptors (Lipinski definition) is 2. The normalized spacial score (nSPS) is 12.1. The Hall–Kier alpha value is -1.62. The Morgan fingerprint density at radius 3 is 2.52 bits per heavy atom. The van der Waals surface area contributed by atoms with Gasteiger partial charge in [-0.05, 0) is 47.5 Å². The Bertz CT molecular complexity index is 638. The number of ether oxygens (including phenoxy) is 1. The van der Waals surface area contributed by atoms with E-state index in [-0.39, 0.29) is 11.7 Å². The second-order valence-electron chi connectivity index (χ2n) is 4.86. The summed E-state index contributed by atoms with van der Waals surface area (Å²) >= 11 is 3.17. The van der Waals surface area contributed by atoms with Crippen LogP contribution < -0.4 is 10.1 Å². The largest absolute Gasteiger partial charge is 0.496 e. The Balaban J connectivity index is 2.32. The SMILES string of the molecule is COc1cc(C)ccc1C(C)Nc1c(F)cc(F)cc1Br. The van der Waals surface area contributed by atoms with E-state index in [0.717, 1.165) is 22.9 Å². The van der Waals surface area contributed by atoms with Crippen molar-refractivity contribution in [3.05, 3.63) is 57.6 Å². The minimum atomic E-state index is -0.639. The van der Waals surface area contributed by atoms with Gasteiger partial charge in [-0.2, -0.15) is 0 Å². The molecular weight excluding hydrogens is 340 g/mol. The van der Waals surface area contributed by atoms with Crippen LogP contribution in [-0.4, -0.2) is 7.11 Å². The quantitative estimate of drug-likeness (QED) is 0.811. The smallest absolute Gasteiger partial charge is 0.150 e. The molecule has 112 valence electrons. The number of rotatable bonds is 4. The van der Waals surface area contributed by atoms with Gasteiger partial charge in [-0.15, -0.1) is 0 Å². The molecule has 5 heteroatoms. The van der Waals surface area contributed by atoms with E-state index < -0.39 is 11.6 Å². The van der Waals surface area contributed by atoms with Crippen molar-refractivity contribution in [1.29, 1.82) is 0 Å². The van der Waals surface area contributed by atoms with Crippen molar-refractivity contribution in [1.82, 2.24) is 0 Å². The van der Waals surface area contributed by atoms with Gasteiger partial charge in [-0.25, -0.2) is 8.78 Å². The first-order valence-electron chi connectivity index (χ1n) is 6.48. The summed E-state index contributed by atoms with van der Waals surface area (Å²) in [7, 11) is 1.60. The summed E-state index contributed by atoms with van der Waals surface area (Å²) < 4.78 is 32.7. The first-order valence-corrected chi connectivity index (χ1v) is 7.27. The van der Waals surface area contributed by atoms with Gasteiger partial charge in [-0.1, -0.05) is 12.1 Å². The van der Waals surface area contributed by atoms with Crippen molar-refractivity contribution in [3.8, 4) is 5.75 Å². The summed E-state index contributed by atoms with van der Waals surface area (Å²) in [4.78, 5) is 0.